The van der Waals surface area contributed by atoms with Gasteiger partial charge in [0.15, 0.2) is 0 Å². The molecule has 2 amide bonds. The normalized spacial score (nSPS) is 12.4. The lowest BCUT2D eigenvalue weighted by molar-refractivity contribution is -0.144. The number of hydrogen-bond donors (Lipinski definition) is 2. The van der Waals surface area contributed by atoms with Crippen molar-refractivity contribution in [2.75, 3.05) is 25.7 Å². The van der Waals surface area contributed by atoms with Crippen molar-refractivity contribution in [3.05, 3.63) is 0 Å². The third kappa shape index (κ3) is 20.5. The Morgan fingerprint density at radius 2 is 0.868 bits per heavy atom. The third-order valence-corrected chi connectivity index (χ3v) is 8.63. The summed E-state index contributed by atoms with van der Waals surface area (Å²) in [5, 5.41) is 5.54. The fraction of sp³-hybridized carbons (Fsp3) is 0.857. The Kier molecular flexibility index (Phi) is 24.9. The van der Waals surface area contributed by atoms with Crippen molar-refractivity contribution in [2.45, 2.75) is 129 Å². The average molecular weight is 577 g/mol. The summed E-state index contributed by atoms with van der Waals surface area (Å²) < 4.78 is 9.69. The highest BCUT2D eigenvalue weighted by molar-refractivity contribution is 8.76. The number of amides is 2. The van der Waals surface area contributed by atoms with Crippen LogP contribution < -0.4 is 10.6 Å². The van der Waals surface area contributed by atoms with Crippen molar-refractivity contribution >= 4 is 45.3 Å². The average Bonchev–Trinajstić information content (AvgIpc) is 2.92. The van der Waals surface area contributed by atoms with Crippen LogP contribution in [0.1, 0.15) is 117 Å². The molecule has 222 valence electrons. The maximum Gasteiger partial charge on any atom is 0.329 e. The van der Waals surface area contributed by atoms with Gasteiger partial charge in [-0.3, -0.25) is 9.59 Å². The summed E-state index contributed by atoms with van der Waals surface area (Å²) in [5.41, 5.74) is 0. The number of carbonyl (C=O) groups excluding carboxylic acids is 4. The van der Waals surface area contributed by atoms with Crippen molar-refractivity contribution in [3.63, 3.8) is 0 Å². The maximum atomic E-state index is 12.4. The molecule has 2 unspecified atom stereocenters. The number of esters is 2. The molecule has 38 heavy (non-hydrogen) atoms. The van der Waals surface area contributed by atoms with E-state index in [0.29, 0.717) is 24.3 Å². The number of nitrogens with one attached hydrogen (secondary N) is 2. The highest BCUT2D eigenvalue weighted by atomic mass is 33.1. The van der Waals surface area contributed by atoms with E-state index in [9.17, 15) is 19.2 Å². The van der Waals surface area contributed by atoms with Crippen LogP contribution in [0.25, 0.3) is 0 Å². The van der Waals surface area contributed by atoms with E-state index in [1.165, 1.54) is 87.2 Å². The summed E-state index contributed by atoms with van der Waals surface area (Å²) >= 11 is 0. The molecular formula is C28H52N2O6S2. The van der Waals surface area contributed by atoms with Gasteiger partial charge in [0.05, 0.1) is 14.2 Å². The molecule has 10 heteroatoms. The van der Waals surface area contributed by atoms with Crippen LogP contribution in [-0.2, 0) is 28.7 Å². The fourth-order valence-electron chi connectivity index (χ4n) is 3.87. The zero-order valence-electron chi connectivity index (χ0n) is 24.1. The molecular weight excluding hydrogens is 524 g/mol. The summed E-state index contributed by atoms with van der Waals surface area (Å²) in [6.45, 7) is 4.37. The number of hydrogen-bond acceptors (Lipinski definition) is 8. The first-order chi connectivity index (χ1) is 18.4. The number of rotatable bonds is 25. The molecule has 0 saturated carbocycles. The molecule has 0 aromatic heterocycles. The molecule has 0 radical (unpaired) electrons. The van der Waals surface area contributed by atoms with Crippen LogP contribution in [0.15, 0.2) is 0 Å². The summed E-state index contributed by atoms with van der Waals surface area (Å²) in [5.74, 6) is -0.745. The van der Waals surface area contributed by atoms with Gasteiger partial charge in [0.25, 0.3) is 0 Å². The van der Waals surface area contributed by atoms with E-state index in [4.69, 9.17) is 9.47 Å². The Balaban J connectivity index is 4.37. The van der Waals surface area contributed by atoms with E-state index >= 15 is 0 Å². The SMILES string of the molecule is CCCCCCCCCCC(=O)NC(CSSCC(NC(=O)CCCCCCCC)C(=O)OC)C(=O)OC. The quantitative estimate of drug-likeness (QED) is 0.0778. The summed E-state index contributed by atoms with van der Waals surface area (Å²) in [4.78, 5) is 49.0. The molecule has 2 atom stereocenters. The summed E-state index contributed by atoms with van der Waals surface area (Å²) in [6, 6.07) is -1.53. The van der Waals surface area contributed by atoms with Gasteiger partial charge < -0.3 is 20.1 Å². The van der Waals surface area contributed by atoms with E-state index in [-0.39, 0.29) is 11.8 Å². The highest BCUT2D eigenvalue weighted by Crippen LogP contribution is 2.24. The second-order valence-electron chi connectivity index (χ2n) is 9.60. The minimum Gasteiger partial charge on any atom is -0.467 e. The second kappa shape index (κ2) is 25.8. The Bertz CT molecular complexity index is 651. The fourth-order valence-corrected chi connectivity index (χ4v) is 6.17. The molecule has 0 aliphatic rings. The molecule has 8 nitrogen and oxygen atoms in total. The summed E-state index contributed by atoms with van der Waals surface area (Å²) in [7, 11) is 5.28. The van der Waals surface area contributed by atoms with E-state index in [0.717, 1.165) is 38.5 Å². The molecule has 0 aromatic carbocycles. The first kappa shape index (κ1) is 36.6. The van der Waals surface area contributed by atoms with Gasteiger partial charge >= 0.3 is 11.9 Å². The molecule has 0 aromatic rings. The molecule has 0 fully saturated rings. The summed E-state index contributed by atoms with van der Waals surface area (Å²) in [6.07, 6.45) is 16.4. The largest absolute Gasteiger partial charge is 0.467 e. The van der Waals surface area contributed by atoms with E-state index in [2.05, 4.69) is 24.5 Å². The van der Waals surface area contributed by atoms with Crippen LogP contribution in [0.4, 0.5) is 0 Å². The van der Waals surface area contributed by atoms with Crippen LogP contribution in [-0.4, -0.2) is 61.6 Å². The minimum absolute atomic E-state index is 0.161. The van der Waals surface area contributed by atoms with Crippen LogP contribution in [0, 0.1) is 0 Å². The Morgan fingerprint density at radius 3 is 1.18 bits per heavy atom. The van der Waals surface area contributed by atoms with Gasteiger partial charge in [-0.1, -0.05) is 112 Å². The third-order valence-electron chi connectivity index (χ3n) is 6.21. The minimum atomic E-state index is -0.766. The van der Waals surface area contributed by atoms with Gasteiger partial charge in [-0.05, 0) is 12.8 Å². The van der Waals surface area contributed by atoms with E-state index in [1.54, 1.807) is 0 Å². The first-order valence-corrected chi connectivity index (χ1v) is 16.9. The van der Waals surface area contributed by atoms with E-state index < -0.39 is 24.0 Å². The molecule has 0 spiro atoms. The van der Waals surface area contributed by atoms with Gasteiger partial charge in [0, 0.05) is 24.3 Å². The first-order valence-electron chi connectivity index (χ1n) is 14.4. The Labute approximate surface area is 238 Å². The van der Waals surface area contributed by atoms with Crippen LogP contribution >= 0.6 is 21.6 Å². The highest BCUT2D eigenvalue weighted by Gasteiger charge is 2.24. The topological polar surface area (TPSA) is 111 Å². The van der Waals surface area contributed by atoms with Gasteiger partial charge in [0.2, 0.25) is 11.8 Å². The van der Waals surface area contributed by atoms with Crippen LogP contribution in [0.2, 0.25) is 0 Å². The standard InChI is InChI=1S/C28H52N2O6S2/c1-5-7-9-11-13-14-16-18-20-26(32)30-24(28(34)36-4)22-38-37-21-23(27(33)35-3)29-25(31)19-17-15-12-10-8-6-2/h23-24H,5-22H2,1-4H3,(H,29,31)(H,30,32). The molecule has 0 aliphatic heterocycles. The monoisotopic (exact) mass is 576 g/mol. The van der Waals surface area contributed by atoms with Crippen molar-refractivity contribution in [1.29, 1.82) is 0 Å². The van der Waals surface area contributed by atoms with Gasteiger partial charge in [-0.15, -0.1) is 0 Å². The van der Waals surface area contributed by atoms with Gasteiger partial charge in [-0.2, -0.15) is 0 Å². The van der Waals surface area contributed by atoms with Crippen molar-refractivity contribution < 1.29 is 28.7 Å². The van der Waals surface area contributed by atoms with Crippen LogP contribution in [0.5, 0.6) is 0 Å². The smallest absolute Gasteiger partial charge is 0.329 e. The number of ether oxygens (including phenoxy) is 2. The molecule has 0 heterocycles. The Morgan fingerprint density at radius 1 is 0.553 bits per heavy atom. The van der Waals surface area contributed by atoms with E-state index in [1.807, 2.05) is 0 Å². The number of carbonyl (C=O) groups is 4. The number of unbranched alkanes of at least 4 members (excludes halogenated alkanes) is 12. The molecule has 0 rings (SSSR count). The van der Waals surface area contributed by atoms with Gasteiger partial charge in [0.1, 0.15) is 12.1 Å². The second-order valence-corrected chi connectivity index (χ2v) is 12.2. The van der Waals surface area contributed by atoms with Gasteiger partial charge in [-0.25, -0.2) is 9.59 Å². The zero-order chi connectivity index (χ0) is 28.4. The predicted octanol–water partition coefficient (Wildman–Crippen LogP) is 5.96. The van der Waals surface area contributed by atoms with Crippen molar-refractivity contribution in [1.82, 2.24) is 10.6 Å². The maximum absolute atomic E-state index is 12.4. The predicted molar refractivity (Wildman–Crippen MR) is 158 cm³/mol. The van der Waals surface area contributed by atoms with Crippen molar-refractivity contribution in [2.24, 2.45) is 0 Å². The zero-order valence-corrected chi connectivity index (χ0v) is 25.8. The Hall–Kier alpha value is -1.42. The lowest BCUT2D eigenvalue weighted by Gasteiger charge is -2.18. The lowest BCUT2D eigenvalue weighted by atomic mass is 10.1. The molecule has 0 saturated heterocycles. The van der Waals surface area contributed by atoms with Crippen LogP contribution in [0.3, 0.4) is 0 Å². The van der Waals surface area contributed by atoms with Crippen molar-refractivity contribution in [3.8, 4) is 0 Å². The molecule has 2 N–H and O–H groups in total. The number of methoxy groups -OCH3 is 2. The lowest BCUT2D eigenvalue weighted by Crippen LogP contribution is -2.44. The molecule has 0 aliphatic carbocycles. The molecule has 0 bridgehead atoms.